The van der Waals surface area contributed by atoms with Crippen LogP contribution in [0.15, 0.2) is 53.8 Å². The van der Waals surface area contributed by atoms with Gasteiger partial charge in [-0.05, 0) is 30.7 Å². The first-order chi connectivity index (χ1) is 16.3. The number of rotatable bonds is 5. The first-order valence-electron chi connectivity index (χ1n) is 10.2. The van der Waals surface area contributed by atoms with Gasteiger partial charge in [0.2, 0.25) is 0 Å². The standard InChI is InChI=1S/C21H17Cl2FN6O3S/c22-14-4-5-16(20-18(14)15(23)10-25-20)27-34(32,33)17-3-1-2-13(19(17)24)21(31)29-8-6-12(11-29)30-9-7-26-28-30/h1-5,7,9-10,12,25,27H,6,8,11H2/t12-/m0/s1. The Labute approximate surface area is 203 Å². The predicted molar refractivity (Wildman–Crippen MR) is 125 cm³/mol. The second-order valence-electron chi connectivity index (χ2n) is 7.78. The predicted octanol–water partition coefficient (Wildman–Crippen LogP) is 4.09. The number of anilines is 1. The average Bonchev–Trinajstić information content (AvgIpc) is 3.56. The number of carbonyl (C=O) groups is 1. The molecule has 0 aliphatic carbocycles. The van der Waals surface area contributed by atoms with Gasteiger partial charge in [-0.3, -0.25) is 9.52 Å². The van der Waals surface area contributed by atoms with Gasteiger partial charge in [-0.2, -0.15) is 0 Å². The highest BCUT2D eigenvalue weighted by molar-refractivity contribution is 7.92. The molecular weight excluding hydrogens is 506 g/mol. The second-order valence-corrected chi connectivity index (χ2v) is 10.2. The monoisotopic (exact) mass is 522 g/mol. The van der Waals surface area contributed by atoms with E-state index in [0.717, 1.165) is 6.07 Å². The fourth-order valence-corrected chi connectivity index (χ4v) is 5.79. The molecule has 13 heteroatoms. The summed E-state index contributed by atoms with van der Waals surface area (Å²) >= 11 is 12.3. The molecule has 3 heterocycles. The third-order valence-corrected chi connectivity index (χ3v) is 7.73. The van der Waals surface area contributed by atoms with E-state index in [1.54, 1.807) is 17.1 Å². The zero-order valence-corrected chi connectivity index (χ0v) is 19.7. The van der Waals surface area contributed by atoms with Crippen molar-refractivity contribution in [3.8, 4) is 0 Å². The maximum atomic E-state index is 15.4. The van der Waals surface area contributed by atoms with Crippen LogP contribution in [-0.4, -0.2) is 52.3 Å². The Morgan fingerprint density at radius 2 is 2.03 bits per heavy atom. The molecule has 0 unspecified atom stereocenters. The van der Waals surface area contributed by atoms with E-state index in [4.69, 9.17) is 23.2 Å². The first kappa shape index (κ1) is 22.6. The van der Waals surface area contributed by atoms with Crippen LogP contribution in [0.25, 0.3) is 10.9 Å². The summed E-state index contributed by atoms with van der Waals surface area (Å²) in [6, 6.07) is 6.55. The van der Waals surface area contributed by atoms with Crippen molar-refractivity contribution >= 4 is 55.7 Å². The van der Waals surface area contributed by atoms with E-state index >= 15 is 4.39 Å². The lowest BCUT2D eigenvalue weighted by atomic mass is 10.2. The lowest BCUT2D eigenvalue weighted by Gasteiger charge is -2.18. The number of nitrogens with zero attached hydrogens (tertiary/aromatic N) is 4. The smallest absolute Gasteiger partial charge is 0.264 e. The largest absolute Gasteiger partial charge is 0.358 e. The lowest BCUT2D eigenvalue weighted by molar-refractivity contribution is 0.0781. The summed E-state index contributed by atoms with van der Waals surface area (Å²) in [5.41, 5.74) is 0.161. The van der Waals surface area contributed by atoms with Gasteiger partial charge in [0, 0.05) is 30.9 Å². The number of hydrogen-bond acceptors (Lipinski definition) is 5. The molecule has 4 aromatic rings. The molecule has 1 aliphatic rings. The van der Waals surface area contributed by atoms with E-state index in [0.29, 0.717) is 40.5 Å². The molecule has 34 heavy (non-hydrogen) atoms. The minimum Gasteiger partial charge on any atom is -0.358 e. The van der Waals surface area contributed by atoms with Crippen molar-refractivity contribution in [3.63, 3.8) is 0 Å². The molecule has 2 aromatic heterocycles. The van der Waals surface area contributed by atoms with Gasteiger partial charge in [0.1, 0.15) is 4.90 Å². The number of nitrogens with one attached hydrogen (secondary N) is 2. The van der Waals surface area contributed by atoms with Crippen LogP contribution in [0, 0.1) is 5.82 Å². The number of carbonyl (C=O) groups excluding carboxylic acids is 1. The number of likely N-dealkylation sites (tertiary alicyclic amines) is 1. The van der Waals surface area contributed by atoms with Gasteiger partial charge in [0.25, 0.3) is 15.9 Å². The Morgan fingerprint density at radius 1 is 1.21 bits per heavy atom. The summed E-state index contributed by atoms with van der Waals surface area (Å²) in [6.07, 6.45) is 5.34. The van der Waals surface area contributed by atoms with Gasteiger partial charge in [0.15, 0.2) is 5.82 Å². The van der Waals surface area contributed by atoms with Gasteiger partial charge in [-0.1, -0.05) is 34.5 Å². The maximum absolute atomic E-state index is 15.4. The Bertz CT molecular complexity index is 1510. The Balaban J connectivity index is 1.43. The van der Waals surface area contributed by atoms with Crippen molar-refractivity contribution in [1.82, 2.24) is 24.9 Å². The molecule has 0 spiro atoms. The number of benzene rings is 2. The van der Waals surface area contributed by atoms with Gasteiger partial charge in [0.05, 0.1) is 39.1 Å². The van der Waals surface area contributed by atoms with Crippen molar-refractivity contribution in [2.75, 3.05) is 17.8 Å². The maximum Gasteiger partial charge on any atom is 0.264 e. The minimum absolute atomic E-state index is 0.0805. The topological polar surface area (TPSA) is 113 Å². The number of aromatic amines is 1. The normalized spacial score (nSPS) is 16.3. The van der Waals surface area contributed by atoms with Crippen LogP contribution in [0.1, 0.15) is 22.8 Å². The molecular formula is C21H17Cl2FN6O3S. The SMILES string of the molecule is O=C(c1cccc(S(=O)(=O)Nc2ccc(Cl)c3c(Cl)c[nH]c23)c1F)N1CC[C@H](n2ccnn2)C1. The minimum atomic E-state index is -4.39. The Kier molecular flexibility index (Phi) is 5.70. The van der Waals surface area contributed by atoms with Crippen molar-refractivity contribution in [2.45, 2.75) is 17.4 Å². The summed E-state index contributed by atoms with van der Waals surface area (Å²) < 4.78 is 45.6. The van der Waals surface area contributed by atoms with Crippen LogP contribution in [0.3, 0.4) is 0 Å². The average molecular weight is 523 g/mol. The molecule has 0 saturated carbocycles. The first-order valence-corrected chi connectivity index (χ1v) is 12.4. The molecule has 1 fully saturated rings. The highest BCUT2D eigenvalue weighted by Gasteiger charge is 2.32. The Hall–Kier alpha value is -3.15. The van der Waals surface area contributed by atoms with Crippen molar-refractivity contribution in [2.24, 2.45) is 0 Å². The molecule has 1 saturated heterocycles. The lowest BCUT2D eigenvalue weighted by Crippen LogP contribution is -2.30. The Morgan fingerprint density at radius 3 is 2.79 bits per heavy atom. The fraction of sp³-hybridized carbons (Fsp3) is 0.190. The summed E-state index contributed by atoms with van der Waals surface area (Å²) in [5, 5.41) is 8.79. The van der Waals surface area contributed by atoms with Crippen molar-refractivity contribution in [3.05, 3.63) is 70.3 Å². The zero-order chi connectivity index (χ0) is 24.0. The van der Waals surface area contributed by atoms with Crippen molar-refractivity contribution in [1.29, 1.82) is 0 Å². The highest BCUT2D eigenvalue weighted by Crippen LogP contribution is 2.35. The number of amides is 1. The van der Waals surface area contributed by atoms with Crippen LogP contribution < -0.4 is 4.72 Å². The van der Waals surface area contributed by atoms with E-state index in [2.05, 4.69) is 20.0 Å². The number of hydrogen-bond donors (Lipinski definition) is 2. The van der Waals surface area contributed by atoms with Crippen molar-refractivity contribution < 1.29 is 17.6 Å². The van der Waals surface area contributed by atoms with Crippen LogP contribution in [0.5, 0.6) is 0 Å². The van der Waals surface area contributed by atoms with E-state index < -0.39 is 26.6 Å². The van der Waals surface area contributed by atoms with Gasteiger partial charge in [-0.25, -0.2) is 17.5 Å². The number of aromatic nitrogens is 4. The van der Waals surface area contributed by atoms with E-state index in [9.17, 15) is 13.2 Å². The summed E-state index contributed by atoms with van der Waals surface area (Å²) in [5.74, 6) is -1.72. The summed E-state index contributed by atoms with van der Waals surface area (Å²) in [4.78, 5) is 16.7. The quantitative estimate of drug-likeness (QED) is 0.409. The van der Waals surface area contributed by atoms with E-state index in [1.165, 1.54) is 35.4 Å². The molecule has 176 valence electrons. The molecule has 1 aliphatic heterocycles. The molecule has 0 radical (unpaired) electrons. The van der Waals surface area contributed by atoms with E-state index in [1.807, 2.05) is 0 Å². The second kappa shape index (κ2) is 8.57. The number of halogens is 3. The van der Waals surface area contributed by atoms with Gasteiger partial charge >= 0.3 is 0 Å². The van der Waals surface area contributed by atoms with Crippen LogP contribution in [0.4, 0.5) is 10.1 Å². The van der Waals surface area contributed by atoms with E-state index in [-0.39, 0.29) is 17.3 Å². The molecule has 2 N–H and O–H groups in total. The molecule has 1 amide bonds. The number of fused-ring (bicyclic) bond motifs is 1. The van der Waals surface area contributed by atoms with Gasteiger partial charge in [-0.15, -0.1) is 5.10 Å². The molecule has 0 bridgehead atoms. The number of H-pyrrole nitrogens is 1. The molecule has 9 nitrogen and oxygen atoms in total. The van der Waals surface area contributed by atoms with Crippen LogP contribution in [-0.2, 0) is 10.0 Å². The van der Waals surface area contributed by atoms with Gasteiger partial charge < -0.3 is 9.88 Å². The molecule has 5 rings (SSSR count). The summed E-state index contributed by atoms with van der Waals surface area (Å²) in [6.45, 7) is 0.696. The van der Waals surface area contributed by atoms with Crippen LogP contribution in [0.2, 0.25) is 10.0 Å². The third kappa shape index (κ3) is 3.89. The van der Waals surface area contributed by atoms with Crippen LogP contribution >= 0.6 is 23.2 Å². The molecule has 1 atom stereocenters. The zero-order valence-electron chi connectivity index (χ0n) is 17.4. The molecule has 2 aromatic carbocycles. The third-order valence-electron chi connectivity index (χ3n) is 5.73. The highest BCUT2D eigenvalue weighted by atomic mass is 35.5. The number of sulfonamides is 1. The summed E-state index contributed by atoms with van der Waals surface area (Å²) in [7, 11) is -4.39. The fourth-order valence-electron chi connectivity index (χ4n) is 4.06.